The molecule has 0 atom stereocenters. The summed E-state index contributed by atoms with van der Waals surface area (Å²) < 4.78 is 0. The first kappa shape index (κ1) is 11.4. The number of nitrogens with one attached hydrogen (secondary N) is 1. The van der Waals surface area contributed by atoms with E-state index in [0.29, 0.717) is 16.4 Å². The summed E-state index contributed by atoms with van der Waals surface area (Å²) in [6, 6.07) is 3.21. The van der Waals surface area contributed by atoms with Crippen molar-refractivity contribution in [3.05, 3.63) is 41.2 Å². The molecule has 0 aliphatic heterocycles. The maximum Gasteiger partial charge on any atom is 0.257 e. The van der Waals surface area contributed by atoms with Gasteiger partial charge in [0, 0.05) is 30.3 Å². The van der Waals surface area contributed by atoms with E-state index in [4.69, 9.17) is 0 Å². The highest BCUT2D eigenvalue weighted by Crippen LogP contribution is 2.16. The fourth-order valence-corrected chi connectivity index (χ4v) is 1.91. The van der Waals surface area contributed by atoms with Gasteiger partial charge in [0.2, 0.25) is 0 Å². The second-order valence-electron chi connectivity index (χ2n) is 3.28. The van der Waals surface area contributed by atoms with E-state index in [1.54, 1.807) is 17.5 Å². The van der Waals surface area contributed by atoms with Crippen molar-refractivity contribution < 1.29 is 9.59 Å². The van der Waals surface area contributed by atoms with Crippen molar-refractivity contribution in [2.45, 2.75) is 6.92 Å². The second-order valence-corrected chi connectivity index (χ2v) is 4.14. The predicted molar refractivity (Wildman–Crippen MR) is 64.3 cm³/mol. The maximum absolute atomic E-state index is 11.7. The van der Waals surface area contributed by atoms with Gasteiger partial charge in [0.05, 0.1) is 0 Å². The van der Waals surface area contributed by atoms with E-state index in [9.17, 15) is 9.59 Å². The highest BCUT2D eigenvalue weighted by atomic mass is 32.1. The van der Waals surface area contributed by atoms with Crippen LogP contribution in [0.5, 0.6) is 0 Å². The molecule has 0 bridgehead atoms. The highest BCUT2D eigenvalue weighted by Gasteiger charge is 2.10. The van der Waals surface area contributed by atoms with Crippen molar-refractivity contribution in [3.8, 4) is 0 Å². The van der Waals surface area contributed by atoms with Gasteiger partial charge in [0.15, 0.2) is 10.9 Å². The lowest BCUT2D eigenvalue weighted by molar-refractivity contribution is 0.100. The van der Waals surface area contributed by atoms with E-state index in [-0.39, 0.29) is 11.7 Å². The fraction of sp³-hybridized carbons (Fsp3) is 0.0909. The Morgan fingerprint density at radius 3 is 2.59 bits per heavy atom. The number of anilines is 1. The molecule has 0 aliphatic carbocycles. The number of amides is 1. The molecule has 1 N–H and O–H groups in total. The summed E-state index contributed by atoms with van der Waals surface area (Å²) in [4.78, 5) is 30.6. The average molecular weight is 247 g/mol. The third-order valence-corrected chi connectivity index (χ3v) is 2.79. The van der Waals surface area contributed by atoms with E-state index in [1.165, 1.54) is 30.7 Å². The predicted octanol–water partition coefficient (Wildman–Crippen LogP) is 1.99. The number of rotatable bonds is 3. The first-order valence-corrected chi connectivity index (χ1v) is 5.72. The third kappa shape index (κ3) is 2.73. The first-order valence-electron chi connectivity index (χ1n) is 4.84. The van der Waals surface area contributed by atoms with Crippen molar-refractivity contribution in [1.82, 2.24) is 9.97 Å². The topological polar surface area (TPSA) is 72.0 Å². The summed E-state index contributed by atoms with van der Waals surface area (Å²) in [5, 5.41) is 4.65. The van der Waals surface area contributed by atoms with Crippen molar-refractivity contribution >= 4 is 28.2 Å². The molecule has 0 radical (unpaired) electrons. The molecule has 0 saturated heterocycles. The number of carbonyl (C=O) groups is 2. The van der Waals surface area contributed by atoms with E-state index in [2.05, 4.69) is 15.3 Å². The summed E-state index contributed by atoms with van der Waals surface area (Å²) in [7, 11) is 0. The van der Waals surface area contributed by atoms with Crippen LogP contribution in [0.3, 0.4) is 0 Å². The van der Waals surface area contributed by atoms with Crippen LogP contribution in [-0.4, -0.2) is 21.7 Å². The minimum absolute atomic E-state index is 0.120. The maximum atomic E-state index is 11.7. The Balaban J connectivity index is 2.11. The Morgan fingerprint density at radius 2 is 2.00 bits per heavy atom. The van der Waals surface area contributed by atoms with Gasteiger partial charge in [-0.05, 0) is 12.1 Å². The summed E-state index contributed by atoms with van der Waals surface area (Å²) >= 11 is 1.22. The Bertz CT molecular complexity index is 551. The summed E-state index contributed by atoms with van der Waals surface area (Å²) in [6.07, 6.45) is 3.08. The van der Waals surface area contributed by atoms with Crippen molar-refractivity contribution in [2.75, 3.05) is 5.32 Å². The van der Waals surface area contributed by atoms with Gasteiger partial charge in [-0.3, -0.25) is 19.9 Å². The smallest absolute Gasteiger partial charge is 0.257 e. The van der Waals surface area contributed by atoms with E-state index in [1.807, 2.05) is 0 Å². The number of pyridine rings is 1. The molecule has 1 amide bonds. The normalized spacial score (nSPS) is 9.94. The molecule has 0 fully saturated rings. The van der Waals surface area contributed by atoms with Crippen molar-refractivity contribution in [3.63, 3.8) is 0 Å². The summed E-state index contributed by atoms with van der Waals surface area (Å²) in [5.41, 5.74) is 0.861. The van der Waals surface area contributed by atoms with E-state index < -0.39 is 0 Å². The molecule has 0 aromatic carbocycles. The molecule has 17 heavy (non-hydrogen) atoms. The van der Waals surface area contributed by atoms with Crippen LogP contribution in [0.15, 0.2) is 29.9 Å². The van der Waals surface area contributed by atoms with Gasteiger partial charge < -0.3 is 0 Å². The zero-order valence-electron chi connectivity index (χ0n) is 9.01. The highest BCUT2D eigenvalue weighted by molar-refractivity contribution is 7.14. The summed E-state index contributed by atoms with van der Waals surface area (Å²) in [5.74, 6) is -0.387. The Hall–Kier alpha value is -2.08. The van der Waals surface area contributed by atoms with Crippen molar-refractivity contribution in [1.29, 1.82) is 0 Å². The largest absolute Gasteiger partial charge is 0.298 e. The van der Waals surface area contributed by atoms with Gasteiger partial charge in [-0.25, -0.2) is 4.98 Å². The van der Waals surface area contributed by atoms with E-state index in [0.717, 1.165) is 0 Å². The Morgan fingerprint density at radius 1 is 1.29 bits per heavy atom. The number of aromatic nitrogens is 2. The molecule has 2 heterocycles. The van der Waals surface area contributed by atoms with Crippen LogP contribution in [0.1, 0.15) is 27.8 Å². The fourth-order valence-electron chi connectivity index (χ4n) is 1.17. The molecule has 86 valence electrons. The number of thiazole rings is 1. The van der Waals surface area contributed by atoms with Crippen LogP contribution in [-0.2, 0) is 0 Å². The van der Waals surface area contributed by atoms with Crippen LogP contribution < -0.4 is 5.32 Å². The van der Waals surface area contributed by atoms with Gasteiger partial charge in [0.1, 0.15) is 5.69 Å². The SMILES string of the molecule is CC(=O)c1csc(NC(=O)c2ccncc2)n1. The second kappa shape index (κ2) is 4.84. The van der Waals surface area contributed by atoms with Gasteiger partial charge in [-0.2, -0.15) is 0 Å². The molecule has 0 spiro atoms. The van der Waals surface area contributed by atoms with Gasteiger partial charge in [-0.15, -0.1) is 11.3 Å². The minimum Gasteiger partial charge on any atom is -0.298 e. The van der Waals surface area contributed by atoms with Crippen LogP contribution in [0, 0.1) is 0 Å². The van der Waals surface area contributed by atoms with E-state index >= 15 is 0 Å². The minimum atomic E-state index is -0.267. The lowest BCUT2D eigenvalue weighted by Gasteiger charge is -2.00. The molecule has 2 aromatic rings. The van der Waals surface area contributed by atoms with Crippen LogP contribution in [0.4, 0.5) is 5.13 Å². The number of hydrogen-bond donors (Lipinski definition) is 1. The Kier molecular flexibility index (Phi) is 3.24. The standard InChI is InChI=1S/C11H9N3O2S/c1-7(15)9-6-17-11(13-9)14-10(16)8-2-4-12-5-3-8/h2-6H,1H3,(H,13,14,16). The molecule has 0 aliphatic rings. The zero-order valence-corrected chi connectivity index (χ0v) is 9.82. The summed E-state index contributed by atoms with van der Waals surface area (Å²) in [6.45, 7) is 1.43. The number of ketones is 1. The first-order chi connectivity index (χ1) is 8.16. The molecule has 2 aromatic heterocycles. The Labute approximate surface area is 102 Å². The van der Waals surface area contributed by atoms with Gasteiger partial charge >= 0.3 is 0 Å². The number of hydrogen-bond acceptors (Lipinski definition) is 5. The van der Waals surface area contributed by atoms with Crippen LogP contribution in [0.2, 0.25) is 0 Å². The molecule has 6 heteroatoms. The number of nitrogens with zero attached hydrogens (tertiary/aromatic N) is 2. The lowest BCUT2D eigenvalue weighted by Crippen LogP contribution is -2.11. The molecule has 2 rings (SSSR count). The quantitative estimate of drug-likeness (QED) is 0.842. The number of Topliss-reactive ketones (excluding diaryl/α,β-unsaturated/α-hetero) is 1. The third-order valence-electron chi connectivity index (χ3n) is 2.03. The van der Waals surface area contributed by atoms with Crippen molar-refractivity contribution in [2.24, 2.45) is 0 Å². The van der Waals surface area contributed by atoms with Crippen LogP contribution >= 0.6 is 11.3 Å². The molecular weight excluding hydrogens is 238 g/mol. The van der Waals surface area contributed by atoms with Gasteiger partial charge in [0.25, 0.3) is 5.91 Å². The molecule has 0 saturated carbocycles. The van der Waals surface area contributed by atoms with Crippen LogP contribution in [0.25, 0.3) is 0 Å². The molecular formula is C11H9N3O2S. The number of carbonyl (C=O) groups excluding carboxylic acids is 2. The zero-order chi connectivity index (χ0) is 12.3. The van der Waals surface area contributed by atoms with Gasteiger partial charge in [-0.1, -0.05) is 0 Å². The molecule has 0 unspecified atom stereocenters. The lowest BCUT2D eigenvalue weighted by atomic mass is 10.2. The average Bonchev–Trinajstić information content (AvgIpc) is 2.79. The molecule has 5 nitrogen and oxygen atoms in total. The monoisotopic (exact) mass is 247 g/mol.